The van der Waals surface area contributed by atoms with Gasteiger partial charge < -0.3 is 15.0 Å². The summed E-state index contributed by atoms with van der Waals surface area (Å²) in [6, 6.07) is 0.714. The number of amides is 2. The van der Waals surface area contributed by atoms with Crippen molar-refractivity contribution >= 4 is 42.2 Å². The zero-order valence-corrected chi connectivity index (χ0v) is 11.3. The first kappa shape index (κ1) is 11.5. The van der Waals surface area contributed by atoms with E-state index in [0.29, 0.717) is 6.04 Å². The lowest BCUT2D eigenvalue weighted by Gasteiger charge is -2.15. The fraction of sp³-hybridized carbons (Fsp3) is 0.833. The molecule has 0 aliphatic carbocycles. The lowest BCUT2D eigenvalue weighted by atomic mass is 10.4. The van der Waals surface area contributed by atoms with E-state index in [1.807, 2.05) is 0 Å². The third-order valence-electron chi connectivity index (χ3n) is 1.85. The van der Waals surface area contributed by atoms with Gasteiger partial charge in [-0.3, -0.25) is 0 Å². The molecule has 1 fully saturated rings. The number of halogens is 2. The summed E-state index contributed by atoms with van der Waals surface area (Å²) in [4.78, 5) is 22.2. The van der Waals surface area contributed by atoms with Crippen LogP contribution in [0.15, 0.2) is 0 Å². The second-order valence-electron chi connectivity index (χ2n) is 2.99. The number of hydrogen-bond donors (Lipinski definition) is 2. The first-order valence-electron chi connectivity index (χ1n) is 4.12. The minimum Gasteiger partial charge on any atom is -0.415 e. The van der Waals surface area contributed by atoms with Gasteiger partial charge in [-0.1, -0.05) is 30.6 Å². The molecule has 0 aromatic carbocycles. The lowest BCUT2D eigenvalue weighted by molar-refractivity contribution is 0.217. The number of urea groups is 1. The summed E-state index contributed by atoms with van der Waals surface area (Å²) in [6.07, 6.45) is 0.826. The van der Waals surface area contributed by atoms with Gasteiger partial charge in [-0.25, -0.2) is 4.79 Å². The summed E-state index contributed by atoms with van der Waals surface area (Å²) in [5.41, 5.74) is -2.28. The van der Waals surface area contributed by atoms with Gasteiger partial charge in [0.25, 0.3) is 0 Å². The van der Waals surface area contributed by atoms with Crippen LogP contribution in [0.5, 0.6) is 0 Å². The fourth-order valence-electron chi connectivity index (χ4n) is 1.21. The van der Waals surface area contributed by atoms with Crippen molar-refractivity contribution in [3.05, 3.63) is 0 Å². The van der Waals surface area contributed by atoms with Crippen LogP contribution in [0, 0.1) is 0 Å². The molecule has 2 N–H and O–H groups in total. The van der Waals surface area contributed by atoms with Crippen LogP contribution < -0.4 is 5.32 Å². The Balaban J connectivity index is 2.16. The van der Waals surface area contributed by atoms with Crippen LogP contribution in [0.4, 0.5) is 4.79 Å². The molecule has 76 valence electrons. The molecular weight excluding hydrogens is 320 g/mol. The van der Waals surface area contributed by atoms with E-state index in [-0.39, 0.29) is 6.03 Å². The Labute approximate surface area is 94.0 Å². The summed E-state index contributed by atoms with van der Waals surface area (Å²) in [5, 5.41) is 2.73. The Bertz CT molecular complexity index is 198. The Morgan fingerprint density at radius 3 is 2.77 bits per heavy atom. The first-order chi connectivity index (χ1) is 5.99. The van der Waals surface area contributed by atoms with E-state index in [9.17, 15) is 9.59 Å². The van der Waals surface area contributed by atoms with E-state index in [4.69, 9.17) is 0 Å². The average molecular weight is 332 g/mol. The molecule has 0 aromatic heterocycles. The maximum atomic E-state index is 11.1. The minimum absolute atomic E-state index is 0.00866. The molecule has 7 heteroatoms. The Kier molecular flexibility index (Phi) is 4.21. The van der Waals surface area contributed by atoms with Gasteiger partial charge in [-0.15, -0.1) is 0 Å². The fourth-order valence-corrected chi connectivity index (χ4v) is 3.47. The number of hydrogen-bond acceptors (Lipinski definition) is 2. The number of nitrogens with zero attached hydrogens (tertiary/aromatic N) is 1. The molecule has 1 heterocycles. The number of nitrogens with one attached hydrogen (secondary N) is 1. The van der Waals surface area contributed by atoms with Crippen LogP contribution in [-0.4, -0.2) is 40.9 Å². The standard InChI is InChI=1S/C6H12Br2N2O2Si/c7-13(8,12)5-1-3-10-4-2-9-6(10)11/h12H,1-5H2,(H,9,11). The lowest BCUT2D eigenvalue weighted by Crippen LogP contribution is -2.30. The van der Waals surface area contributed by atoms with Gasteiger partial charge in [0.05, 0.1) is 0 Å². The van der Waals surface area contributed by atoms with Crippen molar-refractivity contribution in [2.75, 3.05) is 19.6 Å². The predicted octanol–water partition coefficient (Wildman–Crippen LogP) is 1.12. The van der Waals surface area contributed by atoms with Gasteiger partial charge in [0.1, 0.15) is 0 Å². The van der Waals surface area contributed by atoms with Crippen LogP contribution in [0.1, 0.15) is 6.42 Å². The third-order valence-corrected chi connectivity index (χ3v) is 5.18. The van der Waals surface area contributed by atoms with Gasteiger partial charge in [0, 0.05) is 19.6 Å². The Hall–Kier alpha value is 0.407. The normalized spacial score (nSPS) is 17.8. The molecule has 0 unspecified atom stereocenters. The summed E-state index contributed by atoms with van der Waals surface area (Å²) < 4.78 is 0. The summed E-state index contributed by atoms with van der Waals surface area (Å²) in [6.45, 7) is 2.24. The quantitative estimate of drug-likeness (QED) is 0.599. The smallest absolute Gasteiger partial charge is 0.333 e. The topological polar surface area (TPSA) is 52.6 Å². The van der Waals surface area contributed by atoms with E-state index in [2.05, 4.69) is 35.9 Å². The largest absolute Gasteiger partial charge is 0.415 e. The Morgan fingerprint density at radius 1 is 1.62 bits per heavy atom. The second-order valence-corrected chi connectivity index (χ2v) is 15.9. The molecule has 0 aromatic rings. The molecule has 0 spiro atoms. The number of carbonyl (C=O) groups excluding carboxylic acids is 1. The van der Waals surface area contributed by atoms with Gasteiger partial charge in [0.15, 0.2) is 0 Å². The van der Waals surface area contributed by atoms with E-state index < -0.39 is 5.56 Å². The molecule has 1 aliphatic rings. The summed E-state index contributed by atoms with van der Waals surface area (Å²) in [5.74, 6) is 0. The second kappa shape index (κ2) is 4.76. The summed E-state index contributed by atoms with van der Waals surface area (Å²) >= 11 is 6.39. The van der Waals surface area contributed by atoms with E-state index >= 15 is 0 Å². The zero-order chi connectivity index (χ0) is 9.90. The highest BCUT2D eigenvalue weighted by atomic mass is 79.9. The van der Waals surface area contributed by atoms with Crippen molar-refractivity contribution in [3.63, 3.8) is 0 Å². The molecular formula is C6H12Br2N2O2Si. The van der Waals surface area contributed by atoms with Gasteiger partial charge in [0.2, 0.25) is 0 Å². The van der Waals surface area contributed by atoms with Crippen molar-refractivity contribution in [1.82, 2.24) is 10.2 Å². The van der Waals surface area contributed by atoms with E-state index in [1.165, 1.54) is 0 Å². The number of rotatable bonds is 4. The average Bonchev–Trinajstić information content (AvgIpc) is 2.34. The molecule has 4 nitrogen and oxygen atoms in total. The first-order valence-corrected chi connectivity index (χ1v) is 10.8. The van der Waals surface area contributed by atoms with Gasteiger partial charge >= 0.3 is 11.6 Å². The van der Waals surface area contributed by atoms with Crippen molar-refractivity contribution < 1.29 is 9.59 Å². The molecule has 13 heavy (non-hydrogen) atoms. The van der Waals surface area contributed by atoms with Crippen LogP contribution in [-0.2, 0) is 0 Å². The SMILES string of the molecule is O=C1NCCN1CCC[Si](O)(Br)Br. The van der Waals surface area contributed by atoms with Crippen molar-refractivity contribution in [2.24, 2.45) is 0 Å². The molecule has 0 atom stereocenters. The monoisotopic (exact) mass is 330 g/mol. The van der Waals surface area contributed by atoms with Gasteiger partial charge in [-0.05, 0) is 12.5 Å². The molecule has 1 rings (SSSR count). The van der Waals surface area contributed by atoms with Crippen LogP contribution in [0.3, 0.4) is 0 Å². The van der Waals surface area contributed by atoms with Crippen LogP contribution >= 0.6 is 30.6 Å². The van der Waals surface area contributed by atoms with Crippen LogP contribution in [0.2, 0.25) is 6.04 Å². The maximum Gasteiger partial charge on any atom is 0.333 e. The van der Waals surface area contributed by atoms with Crippen molar-refractivity contribution in [1.29, 1.82) is 0 Å². The molecule has 2 amide bonds. The van der Waals surface area contributed by atoms with Crippen molar-refractivity contribution in [2.45, 2.75) is 12.5 Å². The zero-order valence-electron chi connectivity index (χ0n) is 7.09. The van der Waals surface area contributed by atoms with E-state index in [1.54, 1.807) is 4.90 Å². The highest BCUT2D eigenvalue weighted by molar-refractivity contribution is 9.50. The van der Waals surface area contributed by atoms with E-state index in [0.717, 1.165) is 26.1 Å². The van der Waals surface area contributed by atoms with Crippen LogP contribution in [0.25, 0.3) is 0 Å². The molecule has 1 aliphatic heterocycles. The Morgan fingerprint density at radius 2 is 2.31 bits per heavy atom. The maximum absolute atomic E-state index is 11.1. The summed E-state index contributed by atoms with van der Waals surface area (Å²) in [7, 11) is 0. The number of carbonyl (C=O) groups is 1. The molecule has 0 radical (unpaired) electrons. The third kappa shape index (κ3) is 4.43. The van der Waals surface area contributed by atoms with Crippen molar-refractivity contribution in [3.8, 4) is 0 Å². The minimum atomic E-state index is -2.28. The highest BCUT2D eigenvalue weighted by Gasteiger charge is 2.24. The predicted molar refractivity (Wildman–Crippen MR) is 60.2 cm³/mol. The molecule has 1 saturated heterocycles. The van der Waals surface area contributed by atoms with Gasteiger partial charge in [-0.2, -0.15) is 0 Å². The molecule has 0 bridgehead atoms. The molecule has 0 saturated carbocycles. The highest BCUT2D eigenvalue weighted by Crippen LogP contribution is 2.23.